The number of anilines is 2. The summed E-state index contributed by atoms with van der Waals surface area (Å²) in [5.74, 6) is 2.08. The molecular formula is C22H25N3O3. The van der Waals surface area contributed by atoms with Crippen LogP contribution in [0.5, 0.6) is 11.5 Å². The van der Waals surface area contributed by atoms with Gasteiger partial charge in [-0.15, -0.1) is 0 Å². The van der Waals surface area contributed by atoms with E-state index in [1.165, 1.54) is 11.3 Å². The number of hydrogen-bond donors (Lipinski definition) is 1. The van der Waals surface area contributed by atoms with Gasteiger partial charge >= 0.3 is 0 Å². The van der Waals surface area contributed by atoms with Crippen LogP contribution in [0.2, 0.25) is 0 Å². The normalized spacial score (nSPS) is 18.9. The summed E-state index contributed by atoms with van der Waals surface area (Å²) in [5.41, 5.74) is 3.36. The van der Waals surface area contributed by atoms with Crippen molar-refractivity contribution in [1.29, 1.82) is 0 Å². The lowest BCUT2D eigenvalue weighted by Gasteiger charge is -2.36. The highest BCUT2D eigenvalue weighted by atomic mass is 16.7. The maximum absolute atomic E-state index is 11.9. The number of nitrogens with zero attached hydrogens (tertiary/aromatic N) is 2. The topological polar surface area (TPSA) is 54.0 Å². The van der Waals surface area contributed by atoms with E-state index in [0.717, 1.165) is 62.8 Å². The largest absolute Gasteiger partial charge is 0.454 e. The van der Waals surface area contributed by atoms with Crippen LogP contribution in [0.4, 0.5) is 11.4 Å². The Labute approximate surface area is 165 Å². The van der Waals surface area contributed by atoms with Crippen molar-refractivity contribution in [3.05, 3.63) is 48.0 Å². The van der Waals surface area contributed by atoms with E-state index in [4.69, 9.17) is 9.47 Å². The molecule has 2 heterocycles. The molecule has 0 atom stereocenters. The Balaban J connectivity index is 1.14. The minimum absolute atomic E-state index is 0.157. The first kappa shape index (κ1) is 17.4. The van der Waals surface area contributed by atoms with E-state index in [0.29, 0.717) is 6.79 Å². The quantitative estimate of drug-likeness (QED) is 0.865. The second kappa shape index (κ2) is 7.36. The van der Waals surface area contributed by atoms with Crippen molar-refractivity contribution in [3.8, 4) is 11.5 Å². The third-order valence-electron chi connectivity index (χ3n) is 5.66. The molecule has 3 aliphatic rings. The summed E-state index contributed by atoms with van der Waals surface area (Å²) in [4.78, 5) is 16.7. The summed E-state index contributed by atoms with van der Waals surface area (Å²) in [5, 5.41) is 3.00. The van der Waals surface area contributed by atoms with E-state index in [9.17, 15) is 4.79 Å². The lowest BCUT2D eigenvalue weighted by atomic mass is 10.1. The molecule has 1 amide bonds. The highest BCUT2D eigenvalue weighted by molar-refractivity contribution is 5.94. The Morgan fingerprint density at radius 3 is 2.46 bits per heavy atom. The van der Waals surface area contributed by atoms with Crippen LogP contribution in [-0.2, 0) is 11.3 Å². The van der Waals surface area contributed by atoms with Crippen LogP contribution in [0.25, 0.3) is 0 Å². The van der Waals surface area contributed by atoms with Crippen LogP contribution in [0.15, 0.2) is 42.5 Å². The van der Waals surface area contributed by atoms with Crippen molar-refractivity contribution in [2.24, 2.45) is 5.92 Å². The SMILES string of the molecule is O=C(Nc1ccc(N2CCN(Cc3ccc4c(c3)OCO4)CC2)cc1)C1CC1. The second-order valence-electron chi connectivity index (χ2n) is 7.76. The van der Waals surface area contributed by atoms with Crippen molar-refractivity contribution in [3.63, 3.8) is 0 Å². The molecule has 5 rings (SSSR count). The van der Waals surface area contributed by atoms with Gasteiger partial charge in [0.1, 0.15) is 0 Å². The standard InChI is InChI=1S/C22H25N3O3/c26-22(17-2-3-17)23-18-4-6-19(7-5-18)25-11-9-24(10-12-25)14-16-1-8-20-21(13-16)28-15-27-20/h1,4-8,13,17H,2-3,9-12,14-15H2,(H,23,26). The fourth-order valence-electron chi connectivity index (χ4n) is 3.81. The predicted octanol–water partition coefficient (Wildman–Crippen LogP) is 3.09. The summed E-state index contributed by atoms with van der Waals surface area (Å²) >= 11 is 0. The van der Waals surface area contributed by atoms with E-state index in [-0.39, 0.29) is 11.8 Å². The maximum atomic E-state index is 11.9. The van der Waals surface area contributed by atoms with Gasteiger partial charge in [0.2, 0.25) is 12.7 Å². The number of piperazine rings is 1. The molecule has 0 aromatic heterocycles. The smallest absolute Gasteiger partial charge is 0.231 e. The Kier molecular flexibility index (Phi) is 4.56. The lowest BCUT2D eigenvalue weighted by molar-refractivity contribution is -0.117. The van der Waals surface area contributed by atoms with Crippen molar-refractivity contribution >= 4 is 17.3 Å². The van der Waals surface area contributed by atoms with Crippen LogP contribution in [-0.4, -0.2) is 43.8 Å². The fraction of sp³-hybridized carbons (Fsp3) is 0.409. The molecule has 2 aromatic carbocycles. The van der Waals surface area contributed by atoms with Crippen LogP contribution in [0, 0.1) is 5.92 Å². The molecule has 1 aliphatic carbocycles. The second-order valence-corrected chi connectivity index (χ2v) is 7.76. The molecule has 0 radical (unpaired) electrons. The highest BCUT2D eigenvalue weighted by Crippen LogP contribution is 2.33. The molecular weight excluding hydrogens is 354 g/mol. The molecule has 0 unspecified atom stereocenters. The van der Waals surface area contributed by atoms with Gasteiger partial charge in [0.15, 0.2) is 11.5 Å². The van der Waals surface area contributed by atoms with Crippen molar-refractivity contribution in [1.82, 2.24) is 4.90 Å². The first-order valence-electron chi connectivity index (χ1n) is 10.0. The molecule has 2 aliphatic heterocycles. The first-order chi connectivity index (χ1) is 13.7. The number of carbonyl (C=O) groups is 1. The molecule has 0 bridgehead atoms. The third-order valence-corrected chi connectivity index (χ3v) is 5.66. The van der Waals surface area contributed by atoms with Crippen LogP contribution in [0.1, 0.15) is 18.4 Å². The summed E-state index contributed by atoms with van der Waals surface area (Å²) < 4.78 is 10.9. The minimum Gasteiger partial charge on any atom is -0.454 e. The minimum atomic E-state index is 0.157. The van der Waals surface area contributed by atoms with Crippen LogP contribution >= 0.6 is 0 Å². The molecule has 2 fully saturated rings. The van der Waals surface area contributed by atoms with Crippen LogP contribution in [0.3, 0.4) is 0 Å². The molecule has 1 saturated carbocycles. The van der Waals surface area contributed by atoms with Gasteiger partial charge in [-0.05, 0) is 54.8 Å². The number of benzene rings is 2. The van der Waals surface area contributed by atoms with Gasteiger partial charge in [0.05, 0.1) is 0 Å². The van der Waals surface area contributed by atoms with Gasteiger partial charge in [-0.2, -0.15) is 0 Å². The van der Waals surface area contributed by atoms with E-state index < -0.39 is 0 Å². The van der Waals surface area contributed by atoms with Gasteiger partial charge in [-0.1, -0.05) is 6.07 Å². The summed E-state index contributed by atoms with van der Waals surface area (Å²) in [6.45, 7) is 5.29. The molecule has 28 heavy (non-hydrogen) atoms. The first-order valence-corrected chi connectivity index (χ1v) is 10.0. The van der Waals surface area contributed by atoms with Crippen molar-refractivity contribution in [2.45, 2.75) is 19.4 Å². The van der Waals surface area contributed by atoms with E-state index in [2.05, 4.69) is 39.4 Å². The zero-order valence-corrected chi connectivity index (χ0v) is 15.9. The zero-order valence-electron chi connectivity index (χ0n) is 15.9. The Morgan fingerprint density at radius 2 is 1.71 bits per heavy atom. The summed E-state index contributed by atoms with van der Waals surface area (Å²) in [6.07, 6.45) is 2.06. The molecule has 1 saturated heterocycles. The molecule has 2 aromatic rings. The highest BCUT2D eigenvalue weighted by Gasteiger charge is 2.29. The van der Waals surface area contributed by atoms with Gasteiger partial charge in [0, 0.05) is 50.0 Å². The van der Waals surface area contributed by atoms with Crippen LogP contribution < -0.4 is 19.7 Å². The monoisotopic (exact) mass is 379 g/mol. The summed E-state index contributed by atoms with van der Waals surface area (Å²) in [7, 11) is 0. The number of fused-ring (bicyclic) bond motifs is 1. The molecule has 1 N–H and O–H groups in total. The lowest BCUT2D eigenvalue weighted by Crippen LogP contribution is -2.45. The van der Waals surface area contributed by atoms with Gasteiger partial charge in [0.25, 0.3) is 0 Å². The molecule has 0 spiro atoms. The summed E-state index contributed by atoms with van der Waals surface area (Å²) in [6, 6.07) is 14.4. The molecule has 6 heteroatoms. The van der Waals surface area contributed by atoms with Crippen molar-refractivity contribution < 1.29 is 14.3 Å². The fourth-order valence-corrected chi connectivity index (χ4v) is 3.81. The predicted molar refractivity (Wildman–Crippen MR) is 108 cm³/mol. The number of amides is 1. The maximum Gasteiger partial charge on any atom is 0.231 e. The number of nitrogens with one attached hydrogen (secondary N) is 1. The number of hydrogen-bond acceptors (Lipinski definition) is 5. The Hall–Kier alpha value is -2.73. The Bertz CT molecular complexity index is 856. The van der Waals surface area contributed by atoms with Gasteiger partial charge in [-0.3, -0.25) is 9.69 Å². The van der Waals surface area contributed by atoms with E-state index in [1.807, 2.05) is 18.2 Å². The average Bonchev–Trinajstić information content (AvgIpc) is 3.48. The van der Waals surface area contributed by atoms with E-state index >= 15 is 0 Å². The Morgan fingerprint density at radius 1 is 0.964 bits per heavy atom. The number of ether oxygens (including phenoxy) is 2. The van der Waals surface area contributed by atoms with E-state index in [1.54, 1.807) is 0 Å². The number of rotatable bonds is 5. The number of carbonyl (C=O) groups excluding carboxylic acids is 1. The third kappa shape index (κ3) is 3.78. The van der Waals surface area contributed by atoms with Crippen molar-refractivity contribution in [2.75, 3.05) is 43.2 Å². The molecule has 146 valence electrons. The van der Waals surface area contributed by atoms with Gasteiger partial charge < -0.3 is 19.7 Å². The zero-order chi connectivity index (χ0) is 18.9. The molecule has 6 nitrogen and oxygen atoms in total. The van der Waals surface area contributed by atoms with Gasteiger partial charge in [-0.25, -0.2) is 0 Å². The average molecular weight is 379 g/mol.